The average molecular weight is 1630 g/mol. The lowest BCUT2D eigenvalue weighted by Gasteiger charge is -2.26. The molecule has 0 radical (unpaired) electrons. The third-order valence-corrected chi connectivity index (χ3v) is 23.6. The summed E-state index contributed by atoms with van der Waals surface area (Å²) in [5.74, 6) is -1.06. The molecule has 17 heteroatoms. The summed E-state index contributed by atoms with van der Waals surface area (Å²) in [5, 5.41) is 6.25. The van der Waals surface area contributed by atoms with Gasteiger partial charge in [-0.15, -0.1) is 0 Å². The Morgan fingerprint density at radius 2 is 0.530 bits per heavy atom. The van der Waals surface area contributed by atoms with Gasteiger partial charge in [0.05, 0.1) is 19.8 Å². The standard InChI is InChI=1S/C98H188N6O11/c1-7-13-19-25-31-33-35-43-55-71-95(108)112-85-65-49-61-79-101(77-59-47-37-45-57-73-97(110)114-90(67-51-39-27-21-15-9-3)68-52-40-28-22-16-10-4)83-75-99-92(105)87-104(94(107)89-103-81-63-64-82-103)88-93(106)100-76-84-102(80-62-50-66-86-113-96(109)72-56-44-36-34-32-26-20-14-8-2)78-60-48-38-46-58-74-98(111)115-91(69-53-41-29-23-17-11-5)70-54-42-30-24-18-12-6/h90-91H,7-89H2,1-6H3,(H,99,105)(H,100,106). The van der Waals surface area contributed by atoms with Crippen molar-refractivity contribution >= 4 is 41.6 Å². The lowest BCUT2D eigenvalue weighted by Crippen LogP contribution is -2.50. The maximum atomic E-state index is 14.1. The minimum atomic E-state index is -0.285. The molecule has 17 nitrogen and oxygen atoms in total. The Labute approximate surface area is 709 Å². The molecular weight excluding hydrogens is 1440 g/mol. The van der Waals surface area contributed by atoms with E-state index in [0.717, 1.165) is 232 Å². The van der Waals surface area contributed by atoms with Gasteiger partial charge in [-0.3, -0.25) is 38.5 Å². The summed E-state index contributed by atoms with van der Waals surface area (Å²) in [7, 11) is 0. The van der Waals surface area contributed by atoms with Gasteiger partial charge in [-0.25, -0.2) is 0 Å². The molecule has 0 aromatic carbocycles. The van der Waals surface area contributed by atoms with Crippen LogP contribution in [0, 0.1) is 0 Å². The van der Waals surface area contributed by atoms with Gasteiger partial charge in [0.25, 0.3) is 0 Å². The van der Waals surface area contributed by atoms with Crippen LogP contribution in [0.3, 0.4) is 0 Å². The summed E-state index contributed by atoms with van der Waals surface area (Å²) >= 11 is 0. The van der Waals surface area contributed by atoms with Gasteiger partial charge in [-0.05, 0) is 181 Å². The zero-order valence-corrected chi connectivity index (χ0v) is 76.6. The van der Waals surface area contributed by atoms with Gasteiger partial charge in [0, 0.05) is 51.9 Å². The fraction of sp³-hybridized carbons (Fsp3) is 0.929. The van der Waals surface area contributed by atoms with E-state index >= 15 is 0 Å². The number of hydrogen-bond acceptors (Lipinski definition) is 14. The van der Waals surface area contributed by atoms with Gasteiger partial charge in [-0.2, -0.15) is 0 Å². The van der Waals surface area contributed by atoms with Gasteiger partial charge in [0.15, 0.2) is 0 Å². The van der Waals surface area contributed by atoms with E-state index in [1.807, 2.05) is 0 Å². The second-order valence-corrected chi connectivity index (χ2v) is 34.8. The third kappa shape index (κ3) is 74.9. The minimum absolute atomic E-state index is 0.0392. The summed E-state index contributed by atoms with van der Waals surface area (Å²) in [6.45, 7) is 21.3. The highest BCUT2D eigenvalue weighted by Crippen LogP contribution is 2.23. The summed E-state index contributed by atoms with van der Waals surface area (Å²) in [5.41, 5.74) is 0. The van der Waals surface area contributed by atoms with Crippen LogP contribution in [0.15, 0.2) is 0 Å². The number of esters is 4. The number of nitrogens with zero attached hydrogens (tertiary/aromatic N) is 4. The maximum absolute atomic E-state index is 14.1. The Bertz CT molecular complexity index is 2040. The zero-order valence-electron chi connectivity index (χ0n) is 76.6. The van der Waals surface area contributed by atoms with E-state index in [1.165, 1.54) is 223 Å². The maximum Gasteiger partial charge on any atom is 0.306 e. The van der Waals surface area contributed by atoms with Gasteiger partial charge < -0.3 is 44.3 Å². The number of amides is 3. The molecule has 3 amide bonds. The first-order chi connectivity index (χ1) is 56.4. The first-order valence-electron chi connectivity index (χ1n) is 50.1. The lowest BCUT2D eigenvalue weighted by atomic mass is 10.0. The molecule has 1 heterocycles. The Balaban J connectivity index is 3.00. The summed E-state index contributed by atoms with van der Waals surface area (Å²) in [6.07, 6.45) is 74.7. The fourth-order valence-electron chi connectivity index (χ4n) is 16.1. The van der Waals surface area contributed by atoms with Gasteiger partial charge in [0.1, 0.15) is 25.3 Å². The van der Waals surface area contributed by atoms with Crippen LogP contribution in [0.2, 0.25) is 0 Å². The van der Waals surface area contributed by atoms with Gasteiger partial charge in [-0.1, -0.05) is 311 Å². The zero-order chi connectivity index (χ0) is 83.4. The van der Waals surface area contributed by atoms with Crippen molar-refractivity contribution in [1.29, 1.82) is 0 Å². The number of carbonyl (C=O) groups excluding carboxylic acids is 7. The number of rotatable bonds is 90. The summed E-state index contributed by atoms with van der Waals surface area (Å²) in [4.78, 5) is 102. The van der Waals surface area contributed by atoms with E-state index in [4.69, 9.17) is 18.9 Å². The number of carbonyl (C=O) groups is 7. The second-order valence-electron chi connectivity index (χ2n) is 34.8. The van der Waals surface area contributed by atoms with Crippen LogP contribution < -0.4 is 10.6 Å². The van der Waals surface area contributed by atoms with Crippen LogP contribution in [0.1, 0.15) is 478 Å². The van der Waals surface area contributed by atoms with Crippen molar-refractivity contribution < 1.29 is 52.5 Å². The molecule has 2 N–H and O–H groups in total. The average Bonchev–Trinajstić information content (AvgIpc) is 1.87. The smallest absolute Gasteiger partial charge is 0.306 e. The minimum Gasteiger partial charge on any atom is -0.466 e. The van der Waals surface area contributed by atoms with Crippen molar-refractivity contribution in [3.8, 4) is 0 Å². The molecule has 0 aliphatic carbocycles. The number of nitrogens with one attached hydrogen (secondary N) is 2. The van der Waals surface area contributed by atoms with Crippen LogP contribution in [-0.4, -0.2) is 172 Å². The Kier molecular flexibility index (Phi) is 80.8. The molecule has 1 saturated heterocycles. The highest BCUT2D eigenvalue weighted by molar-refractivity contribution is 5.90. The van der Waals surface area contributed by atoms with Gasteiger partial charge in [0.2, 0.25) is 17.7 Å². The molecule has 1 aliphatic heterocycles. The van der Waals surface area contributed by atoms with E-state index in [9.17, 15) is 33.6 Å². The Morgan fingerprint density at radius 1 is 0.287 bits per heavy atom. The van der Waals surface area contributed by atoms with Crippen molar-refractivity contribution in [2.75, 3.05) is 98.3 Å². The predicted molar refractivity (Wildman–Crippen MR) is 482 cm³/mol. The van der Waals surface area contributed by atoms with Crippen molar-refractivity contribution in [3.63, 3.8) is 0 Å². The molecule has 0 bridgehead atoms. The van der Waals surface area contributed by atoms with Crippen LogP contribution >= 0.6 is 0 Å². The van der Waals surface area contributed by atoms with Crippen molar-refractivity contribution in [2.45, 2.75) is 490 Å². The van der Waals surface area contributed by atoms with Crippen molar-refractivity contribution in [2.24, 2.45) is 0 Å². The van der Waals surface area contributed by atoms with E-state index in [1.54, 1.807) is 0 Å². The fourth-order valence-corrected chi connectivity index (χ4v) is 16.1. The van der Waals surface area contributed by atoms with Crippen LogP contribution in [0.4, 0.5) is 0 Å². The molecular formula is C98H188N6O11. The molecule has 1 rings (SSSR count). The van der Waals surface area contributed by atoms with E-state index < -0.39 is 0 Å². The molecule has 115 heavy (non-hydrogen) atoms. The first kappa shape index (κ1) is 109. The monoisotopic (exact) mass is 1630 g/mol. The van der Waals surface area contributed by atoms with Crippen LogP contribution in [0.25, 0.3) is 0 Å². The van der Waals surface area contributed by atoms with E-state index in [-0.39, 0.29) is 73.4 Å². The molecule has 0 spiro atoms. The molecule has 676 valence electrons. The SMILES string of the molecule is CCCCCCCCCCCC(=O)OCCCCCN(CCCCCCCC(=O)OC(CCCCCCCC)CCCCCCCC)CCNC(=O)CN(CC(=O)NCCN(CCCCCCCC(=O)OC(CCCCCCCC)CCCCCCCC)CCCCCOC(=O)CCCCCCCCCCC)C(=O)CN1CCCC1. The topological polar surface area (TPSA) is 193 Å². The molecule has 0 atom stereocenters. The largest absolute Gasteiger partial charge is 0.466 e. The quantitative estimate of drug-likeness (QED) is 0.0332. The highest BCUT2D eigenvalue weighted by atomic mass is 16.6. The van der Waals surface area contributed by atoms with Crippen LogP contribution in [0.5, 0.6) is 0 Å². The molecule has 0 aromatic rings. The normalized spacial score (nSPS) is 12.4. The highest BCUT2D eigenvalue weighted by Gasteiger charge is 2.25. The summed E-state index contributed by atoms with van der Waals surface area (Å²) in [6, 6.07) is 0. The molecule has 1 aliphatic rings. The van der Waals surface area contributed by atoms with E-state index in [0.29, 0.717) is 65.1 Å². The molecule has 1 fully saturated rings. The predicted octanol–water partition coefficient (Wildman–Crippen LogP) is 24.5. The number of ether oxygens (including phenoxy) is 4. The molecule has 0 unspecified atom stereocenters. The number of hydrogen-bond donors (Lipinski definition) is 2. The lowest BCUT2D eigenvalue weighted by molar-refractivity contribution is -0.151. The number of likely N-dealkylation sites (tertiary alicyclic amines) is 1. The number of unbranched alkanes of at least 4 members (excludes halogenated alkanes) is 48. The van der Waals surface area contributed by atoms with Crippen LogP contribution in [-0.2, 0) is 52.5 Å². The second kappa shape index (κ2) is 85.2. The van der Waals surface area contributed by atoms with Gasteiger partial charge >= 0.3 is 23.9 Å². The Hall–Kier alpha value is -3.83. The summed E-state index contributed by atoms with van der Waals surface area (Å²) < 4.78 is 23.6. The molecule has 0 aromatic heterocycles. The van der Waals surface area contributed by atoms with Crippen molar-refractivity contribution in [3.05, 3.63) is 0 Å². The Morgan fingerprint density at radius 3 is 0.817 bits per heavy atom. The van der Waals surface area contributed by atoms with Crippen molar-refractivity contribution in [1.82, 2.24) is 30.2 Å². The first-order valence-corrected chi connectivity index (χ1v) is 50.1. The van der Waals surface area contributed by atoms with E-state index in [2.05, 4.69) is 66.9 Å². The molecule has 0 saturated carbocycles. The third-order valence-electron chi connectivity index (χ3n) is 23.6.